The molecule has 0 saturated carbocycles. The second-order valence-corrected chi connectivity index (χ2v) is 14.1. The third-order valence-electron chi connectivity index (χ3n) is 5.30. The number of amides is 2. The quantitative estimate of drug-likeness (QED) is 0.204. The average Bonchev–Trinajstić information content (AvgIpc) is 2.91. The van der Waals surface area contributed by atoms with Gasteiger partial charge < -0.3 is 30.2 Å². The fraction of sp³-hybridized carbons (Fsp3) is 0.684. The highest BCUT2D eigenvalue weighted by molar-refractivity contribution is 5.91. The molecular weight excluding hydrogens is 604 g/mol. The van der Waals surface area contributed by atoms with E-state index in [1.807, 2.05) is 128 Å². The van der Waals surface area contributed by atoms with Crippen LogP contribution >= 0.6 is 0 Å². The SMILES string of the molecule is CC(C)C(=O)/C=C/CN(C)C.CC(C)CC(=O)/C=C/CN(C)C.CC(C)CNC(=O)/C=C/CN(C)C.CC(C)NC(=O)/C=C/CN(C)C. The van der Waals surface area contributed by atoms with Gasteiger partial charge in [0.05, 0.1) is 0 Å². The van der Waals surface area contributed by atoms with Crippen molar-refractivity contribution in [3.63, 3.8) is 0 Å². The molecule has 0 spiro atoms. The molecule has 0 saturated heterocycles. The van der Waals surface area contributed by atoms with Crippen LogP contribution in [-0.2, 0) is 19.2 Å². The van der Waals surface area contributed by atoms with Gasteiger partial charge >= 0.3 is 0 Å². The first-order chi connectivity index (χ1) is 22.1. The predicted octanol–water partition coefficient (Wildman–Crippen LogP) is 4.55. The molecule has 0 aliphatic heterocycles. The summed E-state index contributed by atoms with van der Waals surface area (Å²) in [5, 5.41) is 5.58. The lowest BCUT2D eigenvalue weighted by molar-refractivity contribution is -0.117. The Hall–Kier alpha value is -2.92. The second-order valence-electron chi connectivity index (χ2n) is 14.1. The first kappa shape index (κ1) is 51.9. The predicted molar refractivity (Wildman–Crippen MR) is 206 cm³/mol. The first-order valence-electron chi connectivity index (χ1n) is 17.0. The van der Waals surface area contributed by atoms with Gasteiger partial charge in [-0.2, -0.15) is 0 Å². The van der Waals surface area contributed by atoms with Crippen molar-refractivity contribution in [2.45, 2.75) is 67.9 Å². The smallest absolute Gasteiger partial charge is 0.243 e. The molecule has 0 heterocycles. The van der Waals surface area contributed by atoms with Crippen molar-refractivity contribution in [1.29, 1.82) is 0 Å². The number of carbonyl (C=O) groups is 4. The summed E-state index contributed by atoms with van der Waals surface area (Å²) in [6.07, 6.45) is 14.7. The number of hydrogen-bond donors (Lipinski definition) is 2. The maximum absolute atomic E-state index is 11.1. The molecule has 0 aromatic rings. The zero-order chi connectivity index (χ0) is 38.2. The molecule has 10 heteroatoms. The van der Waals surface area contributed by atoms with Gasteiger partial charge in [0.15, 0.2) is 11.6 Å². The first-order valence-corrected chi connectivity index (χ1v) is 17.0. The van der Waals surface area contributed by atoms with Crippen LogP contribution in [0.3, 0.4) is 0 Å². The number of ketones is 2. The van der Waals surface area contributed by atoms with Crippen molar-refractivity contribution in [2.24, 2.45) is 17.8 Å². The van der Waals surface area contributed by atoms with E-state index in [9.17, 15) is 19.2 Å². The van der Waals surface area contributed by atoms with E-state index in [0.717, 1.165) is 32.7 Å². The fourth-order valence-corrected chi connectivity index (χ4v) is 2.87. The summed E-state index contributed by atoms with van der Waals surface area (Å²) < 4.78 is 0. The van der Waals surface area contributed by atoms with Crippen LogP contribution in [0.15, 0.2) is 48.6 Å². The number of rotatable bonds is 18. The van der Waals surface area contributed by atoms with Crippen molar-refractivity contribution >= 4 is 23.4 Å². The van der Waals surface area contributed by atoms with Crippen molar-refractivity contribution in [2.75, 3.05) is 89.1 Å². The minimum atomic E-state index is -0.0214. The standard InChI is InChI=1S/C10H20N2O.C10H19NO.C9H18N2O.C9H17NO/c1-9(2)8-11-10(13)6-5-7-12(3)4;1-9(2)8-10(12)6-5-7-11(3)4;1-8(2)10-9(12)6-5-7-11(3)4;1-8(2)9(11)6-5-7-10(3)4/h5-6,9H,7-8H2,1-4H3,(H,11,13);5-6,9H,7-8H2,1-4H3;5-6,8H,7H2,1-4H3,(H,10,12);5-6,8H,7H2,1-4H3/b4*6-5+. The fourth-order valence-electron chi connectivity index (χ4n) is 2.87. The number of nitrogens with one attached hydrogen (secondary N) is 2. The highest BCUT2D eigenvalue weighted by Gasteiger charge is 2.01. The van der Waals surface area contributed by atoms with Crippen LogP contribution in [0.2, 0.25) is 0 Å². The van der Waals surface area contributed by atoms with Gasteiger partial charge in [0.1, 0.15) is 0 Å². The molecule has 2 amide bonds. The average molecular weight is 679 g/mol. The summed E-state index contributed by atoms with van der Waals surface area (Å²) in [5.41, 5.74) is 0. The summed E-state index contributed by atoms with van der Waals surface area (Å²) in [5.74, 6) is 1.49. The summed E-state index contributed by atoms with van der Waals surface area (Å²) in [6.45, 7) is 20.0. The van der Waals surface area contributed by atoms with Crippen molar-refractivity contribution in [1.82, 2.24) is 30.2 Å². The lowest BCUT2D eigenvalue weighted by atomic mass is 10.1. The van der Waals surface area contributed by atoms with Gasteiger partial charge in [-0.25, -0.2) is 0 Å². The van der Waals surface area contributed by atoms with Crippen LogP contribution in [0.1, 0.15) is 61.8 Å². The lowest BCUT2D eigenvalue weighted by Crippen LogP contribution is -2.28. The van der Waals surface area contributed by atoms with Crippen LogP contribution in [-0.4, -0.2) is 138 Å². The number of nitrogens with zero attached hydrogens (tertiary/aromatic N) is 4. The van der Waals surface area contributed by atoms with E-state index in [-0.39, 0.29) is 35.3 Å². The Bertz CT molecular complexity index is 909. The molecule has 0 fully saturated rings. The van der Waals surface area contributed by atoms with E-state index in [4.69, 9.17) is 0 Å². The van der Waals surface area contributed by atoms with Gasteiger partial charge in [-0.05, 0) is 94.2 Å². The Morgan fingerprint density at radius 2 is 0.896 bits per heavy atom. The minimum absolute atomic E-state index is 0.00412. The van der Waals surface area contributed by atoms with Gasteiger partial charge in [0.25, 0.3) is 0 Å². The zero-order valence-electron chi connectivity index (χ0n) is 33.6. The largest absolute Gasteiger partial charge is 0.352 e. The van der Waals surface area contributed by atoms with Crippen LogP contribution in [0.5, 0.6) is 0 Å². The Balaban J connectivity index is -0.000000269. The van der Waals surface area contributed by atoms with Crippen LogP contribution in [0.25, 0.3) is 0 Å². The topological polar surface area (TPSA) is 105 Å². The molecule has 0 unspecified atom stereocenters. The van der Waals surface area contributed by atoms with E-state index < -0.39 is 0 Å². The van der Waals surface area contributed by atoms with Crippen molar-refractivity contribution in [3.05, 3.63) is 48.6 Å². The van der Waals surface area contributed by atoms with Gasteiger partial charge in [0, 0.05) is 63.3 Å². The molecule has 48 heavy (non-hydrogen) atoms. The van der Waals surface area contributed by atoms with Gasteiger partial charge in [0.2, 0.25) is 11.8 Å². The molecule has 0 rings (SSSR count). The molecule has 0 bridgehead atoms. The van der Waals surface area contributed by atoms with Crippen LogP contribution < -0.4 is 10.6 Å². The molecule has 2 N–H and O–H groups in total. The van der Waals surface area contributed by atoms with Gasteiger partial charge in [-0.15, -0.1) is 0 Å². The van der Waals surface area contributed by atoms with Crippen molar-refractivity contribution in [3.8, 4) is 0 Å². The molecule has 0 aromatic carbocycles. The molecule has 0 aliphatic rings. The molecule has 0 aromatic heterocycles. The Kier molecular flexibility index (Phi) is 36.7. The maximum atomic E-state index is 11.1. The Morgan fingerprint density at radius 1 is 0.521 bits per heavy atom. The van der Waals surface area contributed by atoms with Gasteiger partial charge in [-0.1, -0.05) is 65.8 Å². The van der Waals surface area contributed by atoms with E-state index in [2.05, 4.69) is 38.3 Å². The summed E-state index contributed by atoms with van der Waals surface area (Å²) >= 11 is 0. The number of hydrogen-bond acceptors (Lipinski definition) is 8. The third-order valence-corrected chi connectivity index (χ3v) is 5.30. The number of carbonyl (C=O) groups excluding carboxylic acids is 4. The Morgan fingerprint density at radius 3 is 1.23 bits per heavy atom. The summed E-state index contributed by atoms with van der Waals surface area (Å²) in [7, 11) is 15.8. The van der Waals surface area contributed by atoms with Crippen molar-refractivity contribution < 1.29 is 19.2 Å². The highest BCUT2D eigenvalue weighted by atomic mass is 16.2. The molecule has 10 nitrogen and oxygen atoms in total. The van der Waals surface area contributed by atoms with E-state index in [1.165, 1.54) is 0 Å². The lowest BCUT2D eigenvalue weighted by Gasteiger charge is -2.05. The molecule has 0 aliphatic carbocycles. The summed E-state index contributed by atoms with van der Waals surface area (Å²) in [6, 6.07) is 0.210. The highest BCUT2D eigenvalue weighted by Crippen LogP contribution is 2.00. The summed E-state index contributed by atoms with van der Waals surface area (Å²) in [4.78, 5) is 52.3. The maximum Gasteiger partial charge on any atom is 0.243 e. The number of allylic oxidation sites excluding steroid dienone is 2. The second kappa shape index (κ2) is 34.0. The monoisotopic (exact) mass is 679 g/mol. The number of likely N-dealkylation sites (N-methyl/N-ethyl adjacent to an activating group) is 4. The molecule has 280 valence electrons. The zero-order valence-corrected chi connectivity index (χ0v) is 33.6. The molecule has 0 radical (unpaired) electrons. The normalized spacial score (nSPS) is 11.7. The van der Waals surface area contributed by atoms with Gasteiger partial charge in [-0.3, -0.25) is 19.2 Å². The van der Waals surface area contributed by atoms with Crippen LogP contribution in [0.4, 0.5) is 0 Å². The van der Waals surface area contributed by atoms with E-state index in [0.29, 0.717) is 18.3 Å². The molecule has 0 atom stereocenters. The van der Waals surface area contributed by atoms with Crippen LogP contribution in [0, 0.1) is 17.8 Å². The molecular formula is C38H74N6O4. The minimum Gasteiger partial charge on any atom is -0.352 e. The Labute approximate surface area is 295 Å². The van der Waals surface area contributed by atoms with E-state index in [1.54, 1.807) is 24.3 Å². The van der Waals surface area contributed by atoms with E-state index >= 15 is 0 Å². The third kappa shape index (κ3) is 52.6.